The molecule has 0 aliphatic heterocycles. The number of hydrogen-bond acceptors (Lipinski definition) is 3. The zero-order valence-electron chi connectivity index (χ0n) is 11.5. The van der Waals surface area contributed by atoms with Crippen molar-refractivity contribution in [1.29, 1.82) is 0 Å². The molecular weight excluding hydrogens is 275 g/mol. The highest BCUT2D eigenvalue weighted by Gasteiger charge is 2.14. The molecule has 0 saturated carbocycles. The molecule has 0 aromatic heterocycles. The van der Waals surface area contributed by atoms with E-state index in [2.05, 4.69) is 17.8 Å². The molecule has 0 atom stereocenters. The van der Waals surface area contributed by atoms with E-state index >= 15 is 0 Å². The molecule has 6 heteroatoms. The average Bonchev–Trinajstić information content (AvgIpc) is 2.46. The minimum Gasteiger partial charge on any atom is -0.479 e. The summed E-state index contributed by atoms with van der Waals surface area (Å²) in [7, 11) is 0. The Balaban J connectivity index is 2.88. The van der Waals surface area contributed by atoms with E-state index in [0.717, 1.165) is 6.07 Å². The van der Waals surface area contributed by atoms with Gasteiger partial charge in [-0.25, -0.2) is 9.18 Å². The zero-order valence-corrected chi connectivity index (χ0v) is 11.5. The monoisotopic (exact) mass is 292 g/mol. The van der Waals surface area contributed by atoms with Gasteiger partial charge < -0.3 is 20.1 Å². The van der Waals surface area contributed by atoms with Crippen LogP contribution in [0.1, 0.15) is 0 Å². The van der Waals surface area contributed by atoms with Gasteiger partial charge in [-0.1, -0.05) is 12.0 Å². The fraction of sp³-hybridized carbons (Fsp3) is 0.267. The molecular formula is C15H17FN2O3. The molecule has 0 radical (unpaired) electrons. The molecule has 5 nitrogen and oxygen atoms in total. The fourth-order valence-corrected chi connectivity index (χ4v) is 1.59. The molecule has 0 saturated heterocycles. The number of urea groups is 1. The van der Waals surface area contributed by atoms with Gasteiger partial charge >= 0.3 is 6.03 Å². The second kappa shape index (κ2) is 8.61. The number of ether oxygens (including phenoxy) is 1. The van der Waals surface area contributed by atoms with E-state index in [1.807, 2.05) is 0 Å². The van der Waals surface area contributed by atoms with Crippen LogP contribution in [0.2, 0.25) is 0 Å². The van der Waals surface area contributed by atoms with Gasteiger partial charge in [0.1, 0.15) is 18.2 Å². The summed E-state index contributed by atoms with van der Waals surface area (Å²) < 4.78 is 18.5. The number of aliphatic hydroxyl groups is 1. The first-order valence-electron chi connectivity index (χ1n) is 6.25. The molecule has 0 fully saturated rings. The number of benzene rings is 1. The summed E-state index contributed by atoms with van der Waals surface area (Å²) in [6.45, 7) is 3.73. The van der Waals surface area contributed by atoms with E-state index in [1.165, 1.54) is 23.1 Å². The van der Waals surface area contributed by atoms with Gasteiger partial charge in [0.2, 0.25) is 0 Å². The maximum Gasteiger partial charge on any atom is 0.322 e. The Morgan fingerprint density at radius 1 is 1.62 bits per heavy atom. The van der Waals surface area contributed by atoms with Gasteiger partial charge in [-0.05, 0) is 12.1 Å². The number of nitrogens with zero attached hydrogens (tertiary/aromatic N) is 1. The van der Waals surface area contributed by atoms with E-state index in [9.17, 15) is 9.18 Å². The van der Waals surface area contributed by atoms with Gasteiger partial charge in [0.05, 0.1) is 12.3 Å². The Bertz CT molecular complexity index is 540. The van der Waals surface area contributed by atoms with Gasteiger partial charge in [0.15, 0.2) is 0 Å². The number of halogens is 1. The summed E-state index contributed by atoms with van der Waals surface area (Å²) in [6, 6.07) is 3.22. The molecule has 1 rings (SSSR count). The third kappa shape index (κ3) is 5.16. The van der Waals surface area contributed by atoms with Crippen molar-refractivity contribution < 1.29 is 19.0 Å². The summed E-state index contributed by atoms with van der Waals surface area (Å²) in [6.07, 6.45) is 6.63. The Morgan fingerprint density at radius 2 is 2.38 bits per heavy atom. The van der Waals surface area contributed by atoms with Crippen LogP contribution in [0.3, 0.4) is 0 Å². The van der Waals surface area contributed by atoms with E-state index in [0.29, 0.717) is 0 Å². The third-order valence-electron chi connectivity index (χ3n) is 2.50. The van der Waals surface area contributed by atoms with Crippen LogP contribution < -0.4 is 10.1 Å². The lowest BCUT2D eigenvalue weighted by molar-refractivity contribution is 0.195. The second-order valence-electron chi connectivity index (χ2n) is 4.02. The van der Waals surface area contributed by atoms with Crippen LogP contribution in [0.5, 0.6) is 5.75 Å². The maximum absolute atomic E-state index is 13.3. The van der Waals surface area contributed by atoms with E-state index in [1.54, 1.807) is 0 Å². The fourth-order valence-electron chi connectivity index (χ4n) is 1.59. The highest BCUT2D eigenvalue weighted by atomic mass is 19.1. The first kappa shape index (κ1) is 16.5. The number of nitrogens with one attached hydrogen (secondary N) is 1. The van der Waals surface area contributed by atoms with Gasteiger partial charge in [-0.3, -0.25) is 0 Å². The van der Waals surface area contributed by atoms with Gasteiger partial charge in [-0.15, -0.1) is 13.0 Å². The first-order valence-corrected chi connectivity index (χ1v) is 6.25. The molecule has 0 aliphatic carbocycles. The molecule has 2 amide bonds. The number of hydrogen-bond donors (Lipinski definition) is 2. The third-order valence-corrected chi connectivity index (χ3v) is 2.50. The molecule has 0 spiro atoms. The average molecular weight is 292 g/mol. The summed E-state index contributed by atoms with van der Waals surface area (Å²) in [5.74, 6) is 2.04. The van der Waals surface area contributed by atoms with E-state index in [-0.39, 0.29) is 37.7 Å². The normalized spacial score (nSPS) is 9.57. The summed E-state index contributed by atoms with van der Waals surface area (Å²) in [5, 5.41) is 11.5. The summed E-state index contributed by atoms with van der Waals surface area (Å²) >= 11 is 0. The van der Waals surface area contributed by atoms with Crippen molar-refractivity contribution >= 4 is 11.7 Å². The molecule has 112 valence electrons. The number of rotatable bonds is 7. The van der Waals surface area contributed by atoms with Crippen molar-refractivity contribution in [3.05, 3.63) is 36.7 Å². The van der Waals surface area contributed by atoms with Crippen molar-refractivity contribution in [1.82, 2.24) is 4.90 Å². The van der Waals surface area contributed by atoms with Crippen molar-refractivity contribution in [2.24, 2.45) is 0 Å². The van der Waals surface area contributed by atoms with Crippen LogP contribution in [-0.4, -0.2) is 42.3 Å². The van der Waals surface area contributed by atoms with E-state index in [4.69, 9.17) is 16.3 Å². The number of carbonyl (C=O) groups excluding carboxylic acids is 1. The molecule has 0 heterocycles. The van der Waals surface area contributed by atoms with Crippen LogP contribution >= 0.6 is 0 Å². The standard InChI is InChI=1S/C15H17FN2O3/c1-3-7-18(8-9-19)15(20)17-13-11-12(16)5-6-14(13)21-10-4-2/h2-3,5-6,11,19H,1,7-10H2,(H,17,20). The number of terminal acetylenes is 1. The molecule has 0 aliphatic rings. The smallest absolute Gasteiger partial charge is 0.322 e. The molecule has 0 unspecified atom stereocenters. The molecule has 1 aromatic carbocycles. The van der Waals surface area contributed by atoms with Gasteiger partial charge in [0.25, 0.3) is 0 Å². The largest absolute Gasteiger partial charge is 0.479 e. The van der Waals surface area contributed by atoms with Crippen LogP contribution in [0.4, 0.5) is 14.9 Å². The van der Waals surface area contributed by atoms with E-state index < -0.39 is 11.8 Å². The van der Waals surface area contributed by atoms with Crippen LogP contribution in [0.25, 0.3) is 0 Å². The first-order chi connectivity index (χ1) is 10.1. The molecule has 1 aromatic rings. The van der Waals surface area contributed by atoms with Crippen molar-refractivity contribution in [2.75, 3.05) is 31.6 Å². The van der Waals surface area contributed by atoms with Crippen LogP contribution in [0, 0.1) is 18.2 Å². The predicted molar refractivity (Wildman–Crippen MR) is 78.6 cm³/mol. The molecule has 0 bridgehead atoms. The van der Waals surface area contributed by atoms with Crippen molar-refractivity contribution in [3.63, 3.8) is 0 Å². The van der Waals surface area contributed by atoms with Crippen LogP contribution in [-0.2, 0) is 0 Å². The highest BCUT2D eigenvalue weighted by molar-refractivity contribution is 5.91. The SMILES string of the molecule is C#CCOc1ccc(F)cc1NC(=O)N(CC=C)CCO. The van der Waals surface area contributed by atoms with Gasteiger partial charge in [-0.2, -0.15) is 0 Å². The van der Waals surface area contributed by atoms with Crippen molar-refractivity contribution in [3.8, 4) is 18.1 Å². The zero-order chi connectivity index (χ0) is 15.7. The van der Waals surface area contributed by atoms with Crippen molar-refractivity contribution in [2.45, 2.75) is 0 Å². The minimum atomic E-state index is -0.518. The lowest BCUT2D eigenvalue weighted by Gasteiger charge is -2.21. The Labute approximate surface area is 123 Å². The predicted octanol–water partition coefficient (Wildman–Crippen LogP) is 1.85. The number of carbonyl (C=O) groups is 1. The molecule has 2 N–H and O–H groups in total. The highest BCUT2D eigenvalue weighted by Crippen LogP contribution is 2.25. The van der Waals surface area contributed by atoms with Gasteiger partial charge in [0, 0.05) is 19.2 Å². The topological polar surface area (TPSA) is 61.8 Å². The second-order valence-corrected chi connectivity index (χ2v) is 4.02. The Hall–Kier alpha value is -2.52. The maximum atomic E-state index is 13.3. The summed E-state index contributed by atoms with van der Waals surface area (Å²) in [4.78, 5) is 13.4. The lowest BCUT2D eigenvalue weighted by Crippen LogP contribution is -2.37. The van der Waals surface area contributed by atoms with Crippen LogP contribution in [0.15, 0.2) is 30.9 Å². The molecule has 21 heavy (non-hydrogen) atoms. The number of anilines is 1. The lowest BCUT2D eigenvalue weighted by atomic mass is 10.3. The number of aliphatic hydroxyl groups excluding tert-OH is 1. The quantitative estimate of drug-likeness (QED) is 0.595. The Morgan fingerprint density at radius 3 is 3.00 bits per heavy atom. The Kier molecular flexibility index (Phi) is 6.78. The number of amides is 2. The minimum absolute atomic E-state index is 0.00150. The summed E-state index contributed by atoms with van der Waals surface area (Å²) in [5.41, 5.74) is 0.169.